The highest BCUT2D eigenvalue weighted by Gasteiger charge is 2.25. The topological polar surface area (TPSA) is 81.3 Å². The van der Waals surface area contributed by atoms with Crippen LogP contribution in [0.1, 0.15) is 16.6 Å². The molecule has 116 valence electrons. The number of carbonyl (C=O) groups excluding carboxylic acids is 1. The molecular formula is C14H16N4O3S. The number of aryl methyl sites for hydroxylation is 1. The molecule has 1 unspecified atom stereocenters. The SMILES string of the molecule is CN(C)C(=O)SC(c1cccc([N+](=O)[O-])c1)c1nccn1C. The van der Waals surface area contributed by atoms with E-state index in [1.54, 1.807) is 43.2 Å². The van der Waals surface area contributed by atoms with Gasteiger partial charge in [-0.2, -0.15) is 0 Å². The molecule has 2 rings (SSSR count). The van der Waals surface area contributed by atoms with Crippen LogP contribution in [0.15, 0.2) is 36.7 Å². The van der Waals surface area contributed by atoms with Crippen molar-refractivity contribution >= 4 is 22.7 Å². The number of non-ortho nitro benzene ring substituents is 1. The van der Waals surface area contributed by atoms with Crippen molar-refractivity contribution in [3.8, 4) is 0 Å². The molecule has 0 N–H and O–H groups in total. The number of rotatable bonds is 4. The molecule has 8 heteroatoms. The van der Waals surface area contributed by atoms with E-state index in [1.165, 1.54) is 17.0 Å². The maximum atomic E-state index is 12.1. The molecule has 1 atom stereocenters. The number of hydrogen-bond acceptors (Lipinski definition) is 5. The van der Waals surface area contributed by atoms with Crippen LogP contribution in [-0.4, -0.2) is 38.7 Å². The summed E-state index contributed by atoms with van der Waals surface area (Å²) in [4.78, 5) is 28.3. The van der Waals surface area contributed by atoms with Crippen LogP contribution in [-0.2, 0) is 7.05 Å². The number of thioether (sulfide) groups is 1. The van der Waals surface area contributed by atoms with Gasteiger partial charge in [-0.1, -0.05) is 12.1 Å². The lowest BCUT2D eigenvalue weighted by molar-refractivity contribution is -0.384. The quantitative estimate of drug-likeness (QED) is 0.639. The van der Waals surface area contributed by atoms with Crippen LogP contribution in [0.4, 0.5) is 10.5 Å². The first-order valence-electron chi connectivity index (χ1n) is 6.49. The van der Waals surface area contributed by atoms with Crippen LogP contribution in [0.5, 0.6) is 0 Å². The van der Waals surface area contributed by atoms with E-state index in [2.05, 4.69) is 4.98 Å². The summed E-state index contributed by atoms with van der Waals surface area (Å²) in [7, 11) is 5.16. The lowest BCUT2D eigenvalue weighted by Gasteiger charge is -2.18. The molecular weight excluding hydrogens is 304 g/mol. The summed E-state index contributed by atoms with van der Waals surface area (Å²) >= 11 is 1.08. The molecule has 0 saturated heterocycles. The molecule has 0 saturated carbocycles. The average molecular weight is 320 g/mol. The summed E-state index contributed by atoms with van der Waals surface area (Å²) in [6.07, 6.45) is 3.42. The fraction of sp³-hybridized carbons (Fsp3) is 0.286. The normalized spacial score (nSPS) is 12.0. The van der Waals surface area contributed by atoms with Crippen LogP contribution < -0.4 is 0 Å². The number of nitro groups is 1. The summed E-state index contributed by atoms with van der Waals surface area (Å²) in [6.45, 7) is 0. The van der Waals surface area contributed by atoms with E-state index >= 15 is 0 Å². The van der Waals surface area contributed by atoms with Gasteiger partial charge in [0.2, 0.25) is 0 Å². The van der Waals surface area contributed by atoms with Crippen LogP contribution >= 0.6 is 11.8 Å². The number of carbonyl (C=O) groups is 1. The highest BCUT2D eigenvalue weighted by Crippen LogP contribution is 2.36. The van der Waals surface area contributed by atoms with E-state index < -0.39 is 10.2 Å². The Bertz CT molecular complexity index is 699. The summed E-state index contributed by atoms with van der Waals surface area (Å²) in [5, 5.41) is 10.4. The molecule has 0 aliphatic heterocycles. The Labute approximate surface area is 132 Å². The fourth-order valence-corrected chi connectivity index (χ4v) is 2.93. The minimum atomic E-state index is -0.447. The monoisotopic (exact) mass is 320 g/mol. The highest BCUT2D eigenvalue weighted by molar-refractivity contribution is 8.13. The first kappa shape index (κ1) is 16.0. The Morgan fingerprint density at radius 2 is 2.18 bits per heavy atom. The molecule has 0 bridgehead atoms. The Morgan fingerprint density at radius 3 is 2.73 bits per heavy atom. The van der Waals surface area contributed by atoms with Gasteiger partial charge in [0.15, 0.2) is 0 Å². The van der Waals surface area contributed by atoms with Crippen LogP contribution in [0.2, 0.25) is 0 Å². The van der Waals surface area contributed by atoms with E-state index in [1.807, 2.05) is 7.05 Å². The van der Waals surface area contributed by atoms with Gasteiger partial charge in [-0.3, -0.25) is 14.9 Å². The summed E-state index contributed by atoms with van der Waals surface area (Å²) in [5.41, 5.74) is 0.665. The van der Waals surface area contributed by atoms with Gasteiger partial charge < -0.3 is 9.47 Å². The van der Waals surface area contributed by atoms with Gasteiger partial charge in [0.1, 0.15) is 5.82 Å². The summed E-state index contributed by atoms with van der Waals surface area (Å²) in [5.74, 6) is 0.667. The first-order chi connectivity index (χ1) is 10.4. The summed E-state index contributed by atoms with van der Waals surface area (Å²) < 4.78 is 1.80. The number of nitro benzene ring substituents is 1. The van der Waals surface area contributed by atoms with Crippen molar-refractivity contribution in [2.45, 2.75) is 5.25 Å². The average Bonchev–Trinajstić information content (AvgIpc) is 2.90. The van der Waals surface area contributed by atoms with Gasteiger partial charge in [-0.15, -0.1) is 0 Å². The van der Waals surface area contributed by atoms with E-state index in [0.29, 0.717) is 11.4 Å². The Balaban J connectivity index is 2.44. The molecule has 2 aromatic rings. The molecule has 0 radical (unpaired) electrons. The molecule has 1 heterocycles. The smallest absolute Gasteiger partial charge is 0.282 e. The molecule has 1 amide bonds. The Kier molecular flexibility index (Phi) is 4.81. The number of hydrogen-bond donors (Lipinski definition) is 0. The van der Waals surface area contributed by atoms with Gasteiger partial charge in [0.05, 0.1) is 10.2 Å². The summed E-state index contributed by atoms with van der Waals surface area (Å²) in [6, 6.07) is 6.29. The molecule has 22 heavy (non-hydrogen) atoms. The molecule has 0 aliphatic carbocycles. The van der Waals surface area contributed by atoms with Crippen molar-refractivity contribution in [3.05, 3.63) is 58.2 Å². The van der Waals surface area contributed by atoms with Crippen LogP contribution in [0.3, 0.4) is 0 Å². The zero-order valence-electron chi connectivity index (χ0n) is 12.5. The molecule has 0 aliphatic rings. The van der Waals surface area contributed by atoms with Crippen molar-refractivity contribution in [2.24, 2.45) is 7.05 Å². The lowest BCUT2D eigenvalue weighted by atomic mass is 10.1. The van der Waals surface area contributed by atoms with Crippen molar-refractivity contribution in [1.29, 1.82) is 0 Å². The molecule has 1 aromatic heterocycles. The number of aromatic nitrogens is 2. The van der Waals surface area contributed by atoms with E-state index in [-0.39, 0.29) is 10.9 Å². The third kappa shape index (κ3) is 3.45. The number of imidazole rings is 1. The second kappa shape index (κ2) is 6.61. The minimum absolute atomic E-state index is 0.00499. The minimum Gasteiger partial charge on any atom is -0.340 e. The van der Waals surface area contributed by atoms with Crippen molar-refractivity contribution in [3.63, 3.8) is 0 Å². The maximum absolute atomic E-state index is 12.1. The number of nitrogens with zero attached hydrogens (tertiary/aromatic N) is 4. The van der Waals surface area contributed by atoms with Crippen molar-refractivity contribution in [1.82, 2.24) is 14.5 Å². The van der Waals surface area contributed by atoms with E-state index in [4.69, 9.17) is 0 Å². The third-order valence-electron chi connectivity index (χ3n) is 3.06. The third-order valence-corrected chi connectivity index (χ3v) is 4.35. The number of amides is 1. The van der Waals surface area contributed by atoms with Crippen molar-refractivity contribution < 1.29 is 9.72 Å². The van der Waals surface area contributed by atoms with Crippen molar-refractivity contribution in [2.75, 3.05) is 14.1 Å². The highest BCUT2D eigenvalue weighted by atomic mass is 32.2. The number of benzene rings is 1. The first-order valence-corrected chi connectivity index (χ1v) is 7.37. The Hall–Kier alpha value is -2.35. The predicted molar refractivity (Wildman–Crippen MR) is 84.8 cm³/mol. The zero-order valence-corrected chi connectivity index (χ0v) is 13.3. The van der Waals surface area contributed by atoms with Gasteiger partial charge >= 0.3 is 0 Å². The van der Waals surface area contributed by atoms with E-state index in [0.717, 1.165) is 11.8 Å². The standard InChI is InChI=1S/C14H16N4O3S/c1-16(2)14(19)22-12(13-15-7-8-17(13)3)10-5-4-6-11(9-10)18(20)21/h4-9,12H,1-3H3. The second-order valence-corrected chi connectivity index (χ2v) is 5.96. The van der Waals surface area contributed by atoms with Gasteiger partial charge in [-0.25, -0.2) is 4.98 Å². The molecule has 0 fully saturated rings. The largest absolute Gasteiger partial charge is 0.340 e. The van der Waals surface area contributed by atoms with Crippen LogP contribution in [0, 0.1) is 10.1 Å². The van der Waals surface area contributed by atoms with Gasteiger partial charge in [-0.05, 0) is 17.3 Å². The second-order valence-electron chi connectivity index (χ2n) is 4.91. The molecule has 7 nitrogen and oxygen atoms in total. The zero-order chi connectivity index (χ0) is 16.3. The molecule has 0 spiro atoms. The van der Waals surface area contributed by atoms with Gasteiger partial charge in [0, 0.05) is 45.7 Å². The Morgan fingerprint density at radius 1 is 1.45 bits per heavy atom. The maximum Gasteiger partial charge on any atom is 0.282 e. The molecule has 1 aromatic carbocycles. The van der Waals surface area contributed by atoms with Crippen LogP contribution in [0.25, 0.3) is 0 Å². The lowest BCUT2D eigenvalue weighted by Crippen LogP contribution is -2.19. The van der Waals surface area contributed by atoms with E-state index in [9.17, 15) is 14.9 Å². The van der Waals surface area contributed by atoms with Gasteiger partial charge in [0.25, 0.3) is 10.9 Å². The fourth-order valence-electron chi connectivity index (χ4n) is 1.91. The predicted octanol–water partition coefficient (Wildman–Crippen LogP) is 2.83.